The van der Waals surface area contributed by atoms with Gasteiger partial charge < -0.3 is 5.32 Å². The average molecular weight is 356 g/mol. The lowest BCUT2D eigenvalue weighted by Crippen LogP contribution is -2.60. The molecule has 3 amide bonds. The number of fused-ring (bicyclic) bond motifs is 1. The first-order valence-electron chi connectivity index (χ1n) is 10.3. The summed E-state index contributed by atoms with van der Waals surface area (Å²) >= 11 is 0. The molecule has 6 aliphatic rings. The van der Waals surface area contributed by atoms with E-state index in [1.165, 1.54) is 24.2 Å². The van der Waals surface area contributed by atoms with E-state index in [9.17, 15) is 14.4 Å². The predicted molar refractivity (Wildman–Crippen MR) is 95.7 cm³/mol. The zero-order valence-corrected chi connectivity index (χ0v) is 15.3. The number of rotatable bonds is 4. The fraction of sp³-hybridized carbons (Fsp3) is 0.762. The van der Waals surface area contributed by atoms with Crippen LogP contribution in [0.1, 0.15) is 57.8 Å². The molecule has 6 rings (SSSR count). The van der Waals surface area contributed by atoms with Gasteiger partial charge in [0.25, 0.3) is 0 Å². The number of imide groups is 1. The van der Waals surface area contributed by atoms with E-state index in [4.69, 9.17) is 0 Å². The van der Waals surface area contributed by atoms with Crippen molar-refractivity contribution >= 4 is 17.7 Å². The highest BCUT2D eigenvalue weighted by Crippen LogP contribution is 2.55. The molecule has 26 heavy (non-hydrogen) atoms. The molecule has 1 aliphatic heterocycles. The normalized spacial score (nSPS) is 43.1. The van der Waals surface area contributed by atoms with Gasteiger partial charge in [-0.15, -0.1) is 0 Å². The predicted octanol–water partition coefficient (Wildman–Crippen LogP) is 2.41. The molecule has 1 heterocycles. The maximum atomic E-state index is 12.6. The first kappa shape index (κ1) is 16.5. The van der Waals surface area contributed by atoms with Crippen molar-refractivity contribution in [1.82, 2.24) is 10.2 Å². The summed E-state index contributed by atoms with van der Waals surface area (Å²) in [4.78, 5) is 39.0. The fourth-order valence-electron chi connectivity index (χ4n) is 6.92. The van der Waals surface area contributed by atoms with Gasteiger partial charge in [0.15, 0.2) is 0 Å². The Kier molecular flexibility index (Phi) is 3.77. The molecule has 5 nitrogen and oxygen atoms in total. The highest BCUT2D eigenvalue weighted by molar-refractivity contribution is 6.05. The Labute approximate surface area is 154 Å². The molecule has 1 N–H and O–H groups in total. The summed E-state index contributed by atoms with van der Waals surface area (Å²) in [6, 6.07) is 0. The van der Waals surface area contributed by atoms with Crippen molar-refractivity contribution in [2.75, 3.05) is 6.54 Å². The highest BCUT2D eigenvalue weighted by Gasteiger charge is 2.52. The van der Waals surface area contributed by atoms with Crippen LogP contribution in [0.2, 0.25) is 0 Å². The van der Waals surface area contributed by atoms with Gasteiger partial charge in [-0.1, -0.05) is 12.2 Å². The SMILES string of the molecule is O=C(CCN1C(=O)C2CC=CCC2C1=O)NC12CC3CC(CC(C3)C1)C2. The number of amides is 3. The quantitative estimate of drug-likeness (QED) is 0.621. The third-order valence-electron chi connectivity index (χ3n) is 7.60. The van der Waals surface area contributed by atoms with Gasteiger partial charge in [-0.3, -0.25) is 19.3 Å². The van der Waals surface area contributed by atoms with Crippen LogP contribution in [-0.2, 0) is 14.4 Å². The maximum Gasteiger partial charge on any atom is 0.233 e. The van der Waals surface area contributed by atoms with E-state index < -0.39 is 0 Å². The van der Waals surface area contributed by atoms with Gasteiger partial charge in [0.2, 0.25) is 17.7 Å². The molecule has 2 unspecified atom stereocenters. The molecule has 2 atom stereocenters. The Morgan fingerprint density at radius 1 is 0.962 bits per heavy atom. The minimum atomic E-state index is -0.196. The molecule has 0 aromatic carbocycles. The zero-order chi connectivity index (χ0) is 17.9. The van der Waals surface area contributed by atoms with Gasteiger partial charge >= 0.3 is 0 Å². The maximum absolute atomic E-state index is 12.6. The van der Waals surface area contributed by atoms with Gasteiger partial charge in [-0.25, -0.2) is 0 Å². The number of likely N-dealkylation sites (tertiary alicyclic amines) is 1. The van der Waals surface area contributed by atoms with Crippen LogP contribution in [0.15, 0.2) is 12.2 Å². The van der Waals surface area contributed by atoms with Crippen molar-refractivity contribution in [2.45, 2.75) is 63.3 Å². The van der Waals surface area contributed by atoms with E-state index in [1.54, 1.807) is 0 Å². The van der Waals surface area contributed by atoms with Crippen LogP contribution in [0.3, 0.4) is 0 Å². The van der Waals surface area contributed by atoms with Crippen LogP contribution >= 0.6 is 0 Å². The van der Waals surface area contributed by atoms with E-state index in [0.29, 0.717) is 12.8 Å². The molecule has 0 aromatic heterocycles. The summed E-state index contributed by atoms with van der Waals surface area (Å²) in [5, 5.41) is 3.34. The van der Waals surface area contributed by atoms with Gasteiger partial charge in [0.1, 0.15) is 0 Å². The molecule has 0 spiro atoms. The summed E-state index contributed by atoms with van der Waals surface area (Å²) in [7, 11) is 0. The Morgan fingerprint density at radius 3 is 1.96 bits per heavy atom. The molecule has 0 aromatic rings. The monoisotopic (exact) mass is 356 g/mol. The van der Waals surface area contributed by atoms with E-state index >= 15 is 0 Å². The number of allylic oxidation sites excluding steroid dienone is 2. The number of nitrogens with one attached hydrogen (secondary N) is 1. The summed E-state index contributed by atoms with van der Waals surface area (Å²) in [6.07, 6.45) is 13.0. The van der Waals surface area contributed by atoms with Crippen LogP contribution < -0.4 is 5.32 Å². The smallest absolute Gasteiger partial charge is 0.233 e. The van der Waals surface area contributed by atoms with Crippen molar-refractivity contribution in [3.05, 3.63) is 12.2 Å². The van der Waals surface area contributed by atoms with Crippen LogP contribution in [0.5, 0.6) is 0 Å². The molecule has 5 aliphatic carbocycles. The zero-order valence-electron chi connectivity index (χ0n) is 15.3. The van der Waals surface area contributed by atoms with Crippen LogP contribution in [0.4, 0.5) is 0 Å². The molecule has 4 saturated carbocycles. The third-order valence-corrected chi connectivity index (χ3v) is 7.60. The lowest BCUT2D eigenvalue weighted by atomic mass is 9.53. The van der Waals surface area contributed by atoms with Crippen molar-refractivity contribution < 1.29 is 14.4 Å². The molecule has 0 radical (unpaired) electrons. The second-order valence-corrected chi connectivity index (χ2v) is 9.48. The van der Waals surface area contributed by atoms with E-state index in [0.717, 1.165) is 37.0 Å². The highest BCUT2D eigenvalue weighted by atomic mass is 16.2. The molecule has 5 fully saturated rings. The summed E-state index contributed by atoms with van der Waals surface area (Å²) in [6.45, 7) is 0.239. The Hall–Kier alpha value is -1.65. The number of hydrogen-bond acceptors (Lipinski definition) is 3. The van der Waals surface area contributed by atoms with Crippen molar-refractivity contribution in [2.24, 2.45) is 29.6 Å². The Morgan fingerprint density at radius 2 is 1.46 bits per heavy atom. The molecular weight excluding hydrogens is 328 g/mol. The second-order valence-electron chi connectivity index (χ2n) is 9.48. The van der Waals surface area contributed by atoms with Crippen molar-refractivity contribution in [3.8, 4) is 0 Å². The van der Waals surface area contributed by atoms with Crippen LogP contribution in [0, 0.1) is 29.6 Å². The van der Waals surface area contributed by atoms with Crippen molar-refractivity contribution in [3.63, 3.8) is 0 Å². The topological polar surface area (TPSA) is 66.5 Å². The van der Waals surface area contributed by atoms with E-state index in [1.807, 2.05) is 12.2 Å². The summed E-state index contributed by atoms with van der Waals surface area (Å²) in [5.74, 6) is 1.84. The summed E-state index contributed by atoms with van der Waals surface area (Å²) < 4.78 is 0. The lowest BCUT2D eigenvalue weighted by Gasteiger charge is -2.56. The fourth-order valence-corrected chi connectivity index (χ4v) is 6.92. The average Bonchev–Trinajstić information content (AvgIpc) is 2.83. The summed E-state index contributed by atoms with van der Waals surface area (Å²) in [5.41, 5.74) is 0.00275. The number of nitrogens with zero attached hydrogens (tertiary/aromatic N) is 1. The first-order valence-corrected chi connectivity index (χ1v) is 10.3. The minimum absolute atomic E-state index is 0.00275. The van der Waals surface area contributed by atoms with E-state index in [2.05, 4.69) is 5.32 Å². The minimum Gasteiger partial charge on any atom is -0.351 e. The largest absolute Gasteiger partial charge is 0.351 e. The molecule has 5 heteroatoms. The number of hydrogen-bond donors (Lipinski definition) is 1. The molecule has 1 saturated heterocycles. The molecule has 4 bridgehead atoms. The molecular formula is C21H28N2O3. The second kappa shape index (κ2) is 5.93. The number of carbonyl (C=O) groups excluding carboxylic acids is 3. The molecule has 140 valence electrons. The number of carbonyl (C=O) groups is 3. The van der Waals surface area contributed by atoms with Gasteiger partial charge in [-0.2, -0.15) is 0 Å². The van der Waals surface area contributed by atoms with Gasteiger partial charge in [-0.05, 0) is 69.1 Å². The standard InChI is InChI=1S/C21H28N2O3/c24-18(22-21-10-13-7-14(11-21)9-15(8-13)12-21)5-6-23-19(25)16-3-1-2-4-17(16)20(23)26/h1-2,13-17H,3-12H2,(H,22,24). The first-order chi connectivity index (χ1) is 12.5. The Bertz CT molecular complexity index is 621. The van der Waals surface area contributed by atoms with Crippen molar-refractivity contribution in [1.29, 1.82) is 0 Å². The van der Waals surface area contributed by atoms with Crippen LogP contribution in [0.25, 0.3) is 0 Å². The van der Waals surface area contributed by atoms with Crippen LogP contribution in [-0.4, -0.2) is 34.7 Å². The van der Waals surface area contributed by atoms with E-state index in [-0.39, 0.29) is 48.1 Å². The third kappa shape index (κ3) is 2.62. The van der Waals surface area contributed by atoms with Gasteiger partial charge in [0, 0.05) is 18.5 Å². The lowest BCUT2D eigenvalue weighted by molar-refractivity contribution is -0.140. The Balaban J connectivity index is 1.19. The van der Waals surface area contributed by atoms with Gasteiger partial charge in [0.05, 0.1) is 11.8 Å².